The lowest BCUT2D eigenvalue weighted by molar-refractivity contribution is -0.163. The second-order valence-corrected chi connectivity index (χ2v) is 17.8. The maximum atomic E-state index is 12.8. The average Bonchev–Trinajstić information content (AvgIpc) is 3.25. The Morgan fingerprint density at radius 3 is 1.20 bits per heavy atom. The molecule has 0 amide bonds. The maximum Gasteiger partial charge on any atom is 0.306 e. The minimum Gasteiger partial charge on any atom is -0.462 e. The van der Waals surface area contributed by atoms with Crippen LogP contribution in [-0.4, -0.2) is 37.9 Å². The fraction of sp³-hybridized carbons (Fsp3) is 0.855. The molecule has 1 atom stereocenters. The molecule has 352 valence electrons. The summed E-state index contributed by atoms with van der Waals surface area (Å²) >= 11 is 0. The van der Waals surface area contributed by atoms with E-state index in [4.69, 9.17) is 14.2 Å². The molecule has 0 aromatic carbocycles. The Kier molecular flexibility index (Phi) is 49.9. The van der Waals surface area contributed by atoms with Crippen LogP contribution in [0, 0.1) is 0 Å². The molecule has 0 saturated heterocycles. The summed E-state index contributed by atoms with van der Waals surface area (Å²) in [5.74, 6) is -0.414. The quantitative estimate of drug-likeness (QED) is 0.0347. The van der Waals surface area contributed by atoms with Crippen molar-refractivity contribution in [1.82, 2.24) is 0 Å². The molecule has 0 aliphatic carbocycles. The summed E-state index contributed by atoms with van der Waals surface area (Å²) in [7, 11) is 0. The van der Waals surface area contributed by atoms with Gasteiger partial charge in [0.25, 0.3) is 0 Å². The topological polar surface area (TPSA) is 61.8 Å². The van der Waals surface area contributed by atoms with Crippen molar-refractivity contribution in [3.8, 4) is 0 Å². The second kappa shape index (κ2) is 51.5. The van der Waals surface area contributed by atoms with Crippen molar-refractivity contribution in [3.63, 3.8) is 0 Å². The molecule has 0 radical (unpaired) electrons. The molecule has 0 heterocycles. The Balaban J connectivity index is 4.23. The summed E-state index contributed by atoms with van der Waals surface area (Å²) in [4.78, 5) is 25.4. The lowest BCUT2D eigenvalue weighted by atomic mass is 10.0. The predicted molar refractivity (Wildman–Crippen MR) is 261 cm³/mol. The Hall–Kier alpha value is -1.88. The Morgan fingerprint density at radius 1 is 0.383 bits per heavy atom. The van der Waals surface area contributed by atoms with Crippen LogP contribution in [0.25, 0.3) is 0 Å². The molecular formula is C55H102O5. The van der Waals surface area contributed by atoms with Gasteiger partial charge in [-0.3, -0.25) is 9.59 Å². The van der Waals surface area contributed by atoms with Gasteiger partial charge in [0.05, 0.1) is 6.61 Å². The van der Waals surface area contributed by atoms with Crippen LogP contribution in [-0.2, 0) is 23.8 Å². The van der Waals surface area contributed by atoms with Crippen LogP contribution in [0.4, 0.5) is 0 Å². The van der Waals surface area contributed by atoms with E-state index in [1.165, 1.54) is 180 Å². The zero-order valence-electron chi connectivity index (χ0n) is 40.5. The van der Waals surface area contributed by atoms with E-state index >= 15 is 0 Å². The van der Waals surface area contributed by atoms with E-state index in [-0.39, 0.29) is 25.2 Å². The fourth-order valence-electron chi connectivity index (χ4n) is 7.76. The number of unbranched alkanes of at least 4 members (excludes halogenated alkanes) is 32. The van der Waals surface area contributed by atoms with Gasteiger partial charge in [0.15, 0.2) is 6.10 Å². The maximum absolute atomic E-state index is 12.8. The normalized spacial score (nSPS) is 12.4. The van der Waals surface area contributed by atoms with Crippen molar-refractivity contribution in [2.24, 2.45) is 0 Å². The first-order chi connectivity index (χ1) is 29.6. The van der Waals surface area contributed by atoms with E-state index in [2.05, 4.69) is 57.2 Å². The van der Waals surface area contributed by atoms with E-state index in [1.54, 1.807) is 0 Å². The molecule has 1 unspecified atom stereocenters. The lowest BCUT2D eigenvalue weighted by Crippen LogP contribution is -2.30. The molecule has 0 bridgehead atoms. The third-order valence-electron chi connectivity index (χ3n) is 11.7. The molecule has 5 heteroatoms. The smallest absolute Gasteiger partial charge is 0.306 e. The molecule has 60 heavy (non-hydrogen) atoms. The van der Waals surface area contributed by atoms with Gasteiger partial charge >= 0.3 is 11.9 Å². The highest BCUT2D eigenvalue weighted by Gasteiger charge is 2.17. The second-order valence-electron chi connectivity index (χ2n) is 17.8. The first-order valence-electron chi connectivity index (χ1n) is 26.5. The third-order valence-corrected chi connectivity index (χ3v) is 11.7. The SMILES string of the molecule is CC/C=C\C/C=C\C/C=C\CCCCCC(=O)OC(COCCCCCCCCCCCCCCCC)COC(=O)CCCCCCCCCCCCCCCCCCC. The van der Waals surface area contributed by atoms with Crippen LogP contribution >= 0.6 is 0 Å². The monoisotopic (exact) mass is 843 g/mol. The third kappa shape index (κ3) is 48.8. The van der Waals surface area contributed by atoms with Gasteiger partial charge in [0, 0.05) is 19.4 Å². The zero-order chi connectivity index (χ0) is 43.5. The molecular weight excluding hydrogens is 741 g/mol. The van der Waals surface area contributed by atoms with Crippen LogP contribution in [0.2, 0.25) is 0 Å². The number of hydrogen-bond acceptors (Lipinski definition) is 5. The van der Waals surface area contributed by atoms with Crippen molar-refractivity contribution in [2.45, 2.75) is 284 Å². The van der Waals surface area contributed by atoms with Gasteiger partial charge in [-0.1, -0.05) is 250 Å². The van der Waals surface area contributed by atoms with Crippen LogP contribution in [0.15, 0.2) is 36.5 Å². The molecule has 0 fully saturated rings. The highest BCUT2D eigenvalue weighted by atomic mass is 16.6. The van der Waals surface area contributed by atoms with E-state index in [1.807, 2.05) is 0 Å². The number of carbonyl (C=O) groups excluding carboxylic acids is 2. The van der Waals surface area contributed by atoms with Crippen LogP contribution < -0.4 is 0 Å². The first kappa shape index (κ1) is 58.1. The first-order valence-corrected chi connectivity index (χ1v) is 26.5. The summed E-state index contributed by atoms with van der Waals surface area (Å²) < 4.78 is 17.4. The van der Waals surface area contributed by atoms with Crippen LogP contribution in [0.1, 0.15) is 278 Å². The molecule has 0 N–H and O–H groups in total. The van der Waals surface area contributed by atoms with Crippen molar-refractivity contribution < 1.29 is 23.8 Å². The van der Waals surface area contributed by atoms with Gasteiger partial charge in [-0.2, -0.15) is 0 Å². The molecule has 0 aliphatic heterocycles. The number of allylic oxidation sites excluding steroid dienone is 6. The number of carbonyl (C=O) groups is 2. The van der Waals surface area contributed by atoms with Gasteiger partial charge in [-0.25, -0.2) is 0 Å². The van der Waals surface area contributed by atoms with Crippen molar-refractivity contribution in [1.29, 1.82) is 0 Å². The number of hydrogen-bond donors (Lipinski definition) is 0. The summed E-state index contributed by atoms with van der Waals surface area (Å²) in [6, 6.07) is 0. The zero-order valence-corrected chi connectivity index (χ0v) is 40.5. The van der Waals surface area contributed by atoms with Crippen molar-refractivity contribution in [2.75, 3.05) is 19.8 Å². The van der Waals surface area contributed by atoms with E-state index in [9.17, 15) is 9.59 Å². The highest BCUT2D eigenvalue weighted by Crippen LogP contribution is 2.16. The largest absolute Gasteiger partial charge is 0.462 e. The number of rotatable bonds is 49. The van der Waals surface area contributed by atoms with E-state index in [0.717, 1.165) is 64.2 Å². The number of ether oxygens (including phenoxy) is 3. The molecule has 0 rings (SSSR count). The standard InChI is InChI=1S/C55H102O5/c1-4-7-10-13-16-19-22-25-27-28-29-31-33-36-39-42-45-48-54(56)59-52-53(51-58-50-47-44-41-38-35-32-26-23-20-17-14-11-8-5-2)60-55(57)49-46-43-40-37-34-30-24-21-18-15-12-9-6-3/h9,12,18,21,30,34,53H,4-8,10-11,13-17,19-20,22-29,31-33,35-52H2,1-3H3/b12-9-,21-18-,34-30-. The molecule has 0 aliphatic rings. The molecule has 0 aromatic heterocycles. The summed E-state index contributed by atoms with van der Waals surface area (Å²) in [6.07, 6.45) is 61.6. The van der Waals surface area contributed by atoms with Gasteiger partial charge in [-0.05, 0) is 51.4 Å². The summed E-state index contributed by atoms with van der Waals surface area (Å²) in [5, 5.41) is 0. The molecule has 0 spiro atoms. The Bertz CT molecular complexity index is 955. The highest BCUT2D eigenvalue weighted by molar-refractivity contribution is 5.70. The van der Waals surface area contributed by atoms with E-state index < -0.39 is 6.10 Å². The summed E-state index contributed by atoms with van der Waals surface area (Å²) in [6.45, 7) is 7.74. The predicted octanol–water partition coefficient (Wildman–Crippen LogP) is 17.8. The minimum absolute atomic E-state index is 0.0798. The molecule has 5 nitrogen and oxygen atoms in total. The molecule has 0 saturated carbocycles. The lowest BCUT2D eigenvalue weighted by Gasteiger charge is -2.18. The molecule has 0 aromatic rings. The Morgan fingerprint density at radius 2 is 0.750 bits per heavy atom. The van der Waals surface area contributed by atoms with Crippen molar-refractivity contribution in [3.05, 3.63) is 36.5 Å². The fourth-order valence-corrected chi connectivity index (χ4v) is 7.76. The number of esters is 2. The van der Waals surface area contributed by atoms with E-state index in [0.29, 0.717) is 19.4 Å². The van der Waals surface area contributed by atoms with Gasteiger partial charge in [-0.15, -0.1) is 0 Å². The van der Waals surface area contributed by atoms with Crippen LogP contribution in [0.5, 0.6) is 0 Å². The van der Waals surface area contributed by atoms with Gasteiger partial charge < -0.3 is 14.2 Å². The van der Waals surface area contributed by atoms with Gasteiger partial charge in [0.2, 0.25) is 0 Å². The van der Waals surface area contributed by atoms with Crippen LogP contribution in [0.3, 0.4) is 0 Å². The average molecular weight is 843 g/mol. The van der Waals surface area contributed by atoms with Gasteiger partial charge in [0.1, 0.15) is 6.61 Å². The Labute approximate surface area is 374 Å². The summed E-state index contributed by atoms with van der Waals surface area (Å²) in [5.41, 5.74) is 0. The van der Waals surface area contributed by atoms with Crippen molar-refractivity contribution >= 4 is 11.9 Å². The minimum atomic E-state index is -0.544.